The molecule has 41 heavy (non-hydrogen) atoms. The van der Waals surface area contributed by atoms with Crippen LogP contribution in [0.5, 0.6) is 5.75 Å². The lowest BCUT2D eigenvalue weighted by Gasteiger charge is -2.15. The van der Waals surface area contributed by atoms with Gasteiger partial charge in [-0.15, -0.1) is 0 Å². The molecule has 10 heteroatoms. The number of nitrogens with one attached hydrogen (secondary N) is 4. The molecule has 0 aliphatic carbocycles. The number of anilines is 5. The van der Waals surface area contributed by atoms with Crippen LogP contribution in [0.15, 0.2) is 85.2 Å². The van der Waals surface area contributed by atoms with E-state index >= 15 is 0 Å². The summed E-state index contributed by atoms with van der Waals surface area (Å²) in [4.78, 5) is 36.4. The van der Waals surface area contributed by atoms with Gasteiger partial charge in [0.05, 0.1) is 18.1 Å². The first kappa shape index (κ1) is 27.6. The number of carbonyl (C=O) groups excluding carboxylic acids is 2. The number of benzene rings is 3. The molecular weight excluding hydrogens is 518 g/mol. The van der Waals surface area contributed by atoms with Crippen molar-refractivity contribution in [2.75, 3.05) is 47.5 Å². The van der Waals surface area contributed by atoms with E-state index in [1.54, 1.807) is 30.3 Å². The molecule has 4 aromatic rings. The zero-order valence-corrected chi connectivity index (χ0v) is 22.9. The van der Waals surface area contributed by atoms with Crippen molar-refractivity contribution in [3.8, 4) is 5.75 Å². The lowest BCUT2D eigenvalue weighted by atomic mass is 10.1. The summed E-state index contributed by atoms with van der Waals surface area (Å²) in [6.07, 6.45) is 5.62. The molecule has 4 N–H and O–H groups in total. The van der Waals surface area contributed by atoms with Gasteiger partial charge in [-0.3, -0.25) is 9.69 Å². The van der Waals surface area contributed by atoms with Crippen LogP contribution < -0.4 is 26.0 Å². The Hall–Kier alpha value is -4.96. The fourth-order valence-corrected chi connectivity index (χ4v) is 4.48. The van der Waals surface area contributed by atoms with E-state index in [0.29, 0.717) is 35.2 Å². The van der Waals surface area contributed by atoms with Gasteiger partial charge in [0, 0.05) is 29.2 Å². The number of urea groups is 1. The lowest BCUT2D eigenvalue weighted by molar-refractivity contribution is 0.102. The van der Waals surface area contributed by atoms with Crippen molar-refractivity contribution in [1.82, 2.24) is 14.9 Å². The highest BCUT2D eigenvalue weighted by Gasteiger charge is 2.13. The van der Waals surface area contributed by atoms with Crippen molar-refractivity contribution in [1.29, 1.82) is 0 Å². The molecule has 0 atom stereocenters. The molecule has 1 aliphatic rings. The topological polar surface area (TPSA) is 121 Å². The Morgan fingerprint density at radius 2 is 1.49 bits per heavy atom. The third-order valence-electron chi connectivity index (χ3n) is 6.67. The number of aromatic nitrogens is 2. The van der Waals surface area contributed by atoms with E-state index in [-0.39, 0.29) is 5.91 Å². The van der Waals surface area contributed by atoms with Crippen molar-refractivity contribution in [2.24, 2.45) is 0 Å². The van der Waals surface area contributed by atoms with E-state index in [2.05, 4.69) is 36.1 Å². The predicted molar refractivity (Wildman–Crippen MR) is 161 cm³/mol. The van der Waals surface area contributed by atoms with Crippen LogP contribution in [-0.4, -0.2) is 53.0 Å². The summed E-state index contributed by atoms with van der Waals surface area (Å²) < 4.78 is 5.86. The maximum atomic E-state index is 13.0. The summed E-state index contributed by atoms with van der Waals surface area (Å²) >= 11 is 0. The molecule has 1 fully saturated rings. The van der Waals surface area contributed by atoms with Crippen LogP contribution in [-0.2, 0) is 0 Å². The van der Waals surface area contributed by atoms with Gasteiger partial charge in [0.15, 0.2) is 0 Å². The van der Waals surface area contributed by atoms with E-state index in [4.69, 9.17) is 4.74 Å². The Labute approximate surface area is 239 Å². The molecule has 3 aromatic carbocycles. The molecule has 0 bridgehead atoms. The molecule has 1 aliphatic heterocycles. The molecule has 0 saturated carbocycles. The Balaban J connectivity index is 1.12. The minimum atomic E-state index is -0.400. The summed E-state index contributed by atoms with van der Waals surface area (Å²) in [7, 11) is 0. The zero-order valence-electron chi connectivity index (χ0n) is 22.9. The highest BCUT2D eigenvalue weighted by Crippen LogP contribution is 2.20. The van der Waals surface area contributed by atoms with Crippen molar-refractivity contribution >= 4 is 40.6 Å². The number of rotatable bonds is 10. The molecule has 0 unspecified atom stereocenters. The maximum Gasteiger partial charge on any atom is 0.323 e. The van der Waals surface area contributed by atoms with Crippen LogP contribution in [0, 0.1) is 6.92 Å². The molecule has 1 aromatic heterocycles. The summed E-state index contributed by atoms with van der Waals surface area (Å²) in [5, 5.41) is 11.5. The standard InChI is InChI=1S/C31H33N7O3/c1-22-9-10-25(37-31(40)36-23-7-3-2-4-8-23)19-28(22)29(39)34-26-20-32-30(33-21-26)35-24-11-13-27(14-12-24)41-18-17-38-15-5-6-16-38/h2-4,7-14,19-21H,5-6,15-18H2,1H3,(H,34,39)(H,32,33,35)(H2,36,37,40). The molecule has 10 nitrogen and oxygen atoms in total. The van der Waals surface area contributed by atoms with Crippen LogP contribution >= 0.6 is 0 Å². The summed E-state index contributed by atoms with van der Waals surface area (Å²) in [6.45, 7) is 5.77. The van der Waals surface area contributed by atoms with Gasteiger partial charge in [-0.05, 0) is 86.9 Å². The van der Waals surface area contributed by atoms with Gasteiger partial charge in [0.25, 0.3) is 5.91 Å². The molecule has 2 heterocycles. The molecule has 5 rings (SSSR count). The lowest BCUT2D eigenvalue weighted by Crippen LogP contribution is -2.25. The average Bonchev–Trinajstić information content (AvgIpc) is 3.50. The summed E-state index contributed by atoms with van der Waals surface area (Å²) in [6, 6.07) is 21.5. The average molecular weight is 552 g/mol. The number of para-hydroxylation sites is 1. The number of aryl methyl sites for hydroxylation is 1. The van der Waals surface area contributed by atoms with Crippen LogP contribution in [0.3, 0.4) is 0 Å². The second-order valence-corrected chi connectivity index (χ2v) is 9.77. The Bertz CT molecular complexity index is 1460. The highest BCUT2D eigenvalue weighted by molar-refractivity contribution is 6.07. The number of ether oxygens (including phenoxy) is 1. The van der Waals surface area contributed by atoms with E-state index in [1.807, 2.05) is 49.4 Å². The van der Waals surface area contributed by atoms with Gasteiger partial charge < -0.3 is 26.0 Å². The Kier molecular flexibility index (Phi) is 9.02. The molecule has 3 amide bonds. The summed E-state index contributed by atoms with van der Waals surface area (Å²) in [5.41, 5.74) is 3.62. The van der Waals surface area contributed by atoms with Crippen LogP contribution in [0.25, 0.3) is 0 Å². The van der Waals surface area contributed by atoms with Crippen LogP contribution in [0.2, 0.25) is 0 Å². The quantitative estimate of drug-likeness (QED) is 0.194. The number of nitrogens with zero attached hydrogens (tertiary/aromatic N) is 3. The Morgan fingerprint density at radius 3 is 2.22 bits per heavy atom. The van der Waals surface area contributed by atoms with E-state index < -0.39 is 6.03 Å². The molecule has 210 valence electrons. The molecule has 0 spiro atoms. The van der Waals surface area contributed by atoms with Crippen molar-refractivity contribution in [2.45, 2.75) is 19.8 Å². The van der Waals surface area contributed by atoms with Crippen LogP contribution in [0.1, 0.15) is 28.8 Å². The van der Waals surface area contributed by atoms with Crippen molar-refractivity contribution in [3.05, 3.63) is 96.3 Å². The number of likely N-dealkylation sites (tertiary alicyclic amines) is 1. The SMILES string of the molecule is Cc1ccc(NC(=O)Nc2ccccc2)cc1C(=O)Nc1cnc(Nc2ccc(OCCN3CCCC3)cc2)nc1. The largest absolute Gasteiger partial charge is 0.492 e. The smallest absolute Gasteiger partial charge is 0.323 e. The van der Waals surface area contributed by atoms with Gasteiger partial charge in [0.2, 0.25) is 5.95 Å². The first-order chi connectivity index (χ1) is 20.0. The Morgan fingerprint density at radius 1 is 0.805 bits per heavy atom. The third kappa shape index (κ3) is 8.02. The highest BCUT2D eigenvalue weighted by atomic mass is 16.5. The second-order valence-electron chi connectivity index (χ2n) is 9.77. The van der Waals surface area contributed by atoms with E-state index in [0.717, 1.165) is 36.6 Å². The fraction of sp³-hybridized carbons (Fsp3) is 0.226. The van der Waals surface area contributed by atoms with Crippen molar-refractivity contribution in [3.63, 3.8) is 0 Å². The monoisotopic (exact) mass is 551 g/mol. The van der Waals surface area contributed by atoms with E-state index in [9.17, 15) is 9.59 Å². The number of carbonyl (C=O) groups is 2. The second kappa shape index (κ2) is 13.4. The molecular formula is C31H33N7O3. The summed E-state index contributed by atoms with van der Waals surface area (Å²) in [5.74, 6) is 0.886. The first-order valence-corrected chi connectivity index (χ1v) is 13.6. The van der Waals surface area contributed by atoms with E-state index in [1.165, 1.54) is 25.2 Å². The van der Waals surface area contributed by atoms with Gasteiger partial charge in [-0.1, -0.05) is 24.3 Å². The van der Waals surface area contributed by atoms with Gasteiger partial charge in [-0.2, -0.15) is 0 Å². The van der Waals surface area contributed by atoms with Gasteiger partial charge in [-0.25, -0.2) is 14.8 Å². The molecule has 1 saturated heterocycles. The minimum Gasteiger partial charge on any atom is -0.492 e. The zero-order chi connectivity index (χ0) is 28.4. The number of hydrogen-bond donors (Lipinski definition) is 4. The van der Waals surface area contributed by atoms with Gasteiger partial charge >= 0.3 is 6.03 Å². The van der Waals surface area contributed by atoms with Crippen LogP contribution in [0.4, 0.5) is 33.5 Å². The minimum absolute atomic E-state index is 0.334. The fourth-order valence-electron chi connectivity index (χ4n) is 4.48. The van der Waals surface area contributed by atoms with Crippen molar-refractivity contribution < 1.29 is 14.3 Å². The third-order valence-corrected chi connectivity index (χ3v) is 6.67. The predicted octanol–water partition coefficient (Wildman–Crippen LogP) is 5.90. The first-order valence-electron chi connectivity index (χ1n) is 13.6. The normalized spacial score (nSPS) is 12.9. The number of amides is 3. The number of hydrogen-bond acceptors (Lipinski definition) is 7. The maximum absolute atomic E-state index is 13.0. The molecule has 0 radical (unpaired) electrons. The van der Waals surface area contributed by atoms with Gasteiger partial charge in [0.1, 0.15) is 12.4 Å².